The first kappa shape index (κ1) is 36.0. The number of piperidine rings is 1. The molecule has 2 amide bonds. The summed E-state index contributed by atoms with van der Waals surface area (Å²) in [5, 5.41) is 9.07. The second-order valence-electron chi connectivity index (χ2n) is 15.2. The number of halogens is 3. The highest BCUT2D eigenvalue weighted by Gasteiger charge is 2.36. The van der Waals surface area contributed by atoms with Crippen LogP contribution in [0.4, 0.5) is 24.7 Å². The number of carbonyl (C=O) groups is 3. The van der Waals surface area contributed by atoms with Gasteiger partial charge in [-0.1, -0.05) is 12.1 Å². The average Bonchev–Trinajstić information content (AvgIpc) is 3.71. The molecule has 1 saturated carbocycles. The van der Waals surface area contributed by atoms with E-state index in [-0.39, 0.29) is 48.0 Å². The summed E-state index contributed by atoms with van der Waals surface area (Å²) in [5.41, 5.74) is 2.09. The van der Waals surface area contributed by atoms with Crippen molar-refractivity contribution in [3.63, 3.8) is 0 Å². The number of ketones is 1. The van der Waals surface area contributed by atoms with E-state index in [1.54, 1.807) is 23.7 Å². The molecule has 4 aliphatic rings. The van der Waals surface area contributed by atoms with Crippen LogP contribution in [-0.4, -0.2) is 85.7 Å². The number of alkyl halides is 3. The number of carbonyl (C=O) groups excluding carboxylic acids is 3. The van der Waals surface area contributed by atoms with Crippen molar-refractivity contribution in [2.24, 2.45) is 13.0 Å². The number of piperazine rings is 1. The van der Waals surface area contributed by atoms with Gasteiger partial charge in [0.1, 0.15) is 18.3 Å². The van der Waals surface area contributed by atoms with Gasteiger partial charge in [-0.15, -0.1) is 0 Å². The molecule has 1 N–H and O–H groups in total. The van der Waals surface area contributed by atoms with Crippen LogP contribution in [0.15, 0.2) is 59.5 Å². The fraction of sp³-hybridized carbons (Fsp3) is 0.436. The van der Waals surface area contributed by atoms with Gasteiger partial charge >= 0.3 is 11.9 Å². The first-order valence-electron chi connectivity index (χ1n) is 19.0. The molecule has 1 aliphatic carbocycles. The third kappa shape index (κ3) is 6.46. The summed E-state index contributed by atoms with van der Waals surface area (Å²) in [4.78, 5) is 65.3. The number of para-hydroxylation sites is 1. The number of amides is 2. The molecule has 3 fully saturated rings. The number of hydrogen-bond donors (Lipinski definition) is 1. The van der Waals surface area contributed by atoms with Crippen LogP contribution in [0.3, 0.4) is 0 Å². The Hall–Kier alpha value is -5.71. The lowest BCUT2D eigenvalue weighted by Gasteiger charge is -2.39. The van der Waals surface area contributed by atoms with Crippen molar-refractivity contribution in [3.8, 4) is 5.75 Å². The number of rotatable bonds is 6. The number of hydrogen-bond acceptors (Lipinski definition) is 10. The molecular formula is C39H40F3N9O5. The molecule has 9 rings (SSSR count). The van der Waals surface area contributed by atoms with Crippen LogP contribution in [0.2, 0.25) is 0 Å². The van der Waals surface area contributed by atoms with E-state index in [4.69, 9.17) is 9.94 Å². The standard InChI is InChI=1S/C39H40F3N9O5/c1-46-36-28(4-2-5-29(36)51(38(46)55)30-12-13-35(53)44-37(30)54)48-16-14-47(15-17-48)20-23-8-10-25(11-9-23)49-21-24-18-32-26(19-27(24)45-49)31(52)22-50(56-32)34-7-3-6-33(43-34)39(40,41)42/h2-7,18-19,21,23,25,30H,8-17,20,22H2,1H3,(H,44,53,54). The topological polar surface area (TPSA) is 140 Å². The van der Waals surface area contributed by atoms with Crippen molar-refractivity contribution in [1.29, 1.82) is 0 Å². The number of pyridine rings is 1. The lowest BCUT2D eigenvalue weighted by Crippen LogP contribution is -2.48. The van der Waals surface area contributed by atoms with Crippen LogP contribution >= 0.6 is 0 Å². The van der Waals surface area contributed by atoms with Gasteiger partial charge in [-0.2, -0.15) is 23.3 Å². The van der Waals surface area contributed by atoms with Crippen LogP contribution < -0.4 is 25.8 Å². The SMILES string of the molecule is Cn1c(=O)n(C2CCC(=O)NC2=O)c2cccc(N3CCN(CC4CCC(n5cc6cc7c(cc6n5)C(=O)CN(c5cccc(C(F)(F)F)n5)O7)CC4)CC3)c21. The number of anilines is 2. The molecule has 14 nitrogen and oxygen atoms in total. The first-order valence-corrected chi connectivity index (χ1v) is 19.0. The second kappa shape index (κ2) is 13.8. The zero-order valence-electron chi connectivity index (χ0n) is 30.7. The largest absolute Gasteiger partial charge is 0.433 e. The predicted octanol–water partition coefficient (Wildman–Crippen LogP) is 4.63. The molecule has 5 aromatic rings. The number of hydroxylamine groups is 1. The van der Waals surface area contributed by atoms with Crippen molar-refractivity contribution < 1.29 is 32.4 Å². The number of imidazole rings is 1. The number of aryl methyl sites for hydroxylation is 1. The van der Waals surface area contributed by atoms with E-state index in [1.807, 2.05) is 29.1 Å². The second-order valence-corrected chi connectivity index (χ2v) is 15.2. The van der Waals surface area contributed by atoms with Gasteiger partial charge in [0.05, 0.1) is 33.8 Å². The van der Waals surface area contributed by atoms with E-state index < -0.39 is 23.8 Å². The van der Waals surface area contributed by atoms with Gasteiger partial charge in [0.15, 0.2) is 17.4 Å². The van der Waals surface area contributed by atoms with Crippen molar-refractivity contribution in [2.45, 2.75) is 56.8 Å². The van der Waals surface area contributed by atoms with E-state index >= 15 is 0 Å². The van der Waals surface area contributed by atoms with E-state index in [0.717, 1.165) is 86.1 Å². The van der Waals surface area contributed by atoms with Crippen LogP contribution in [0.1, 0.15) is 66.7 Å². The molecule has 3 aliphatic heterocycles. The number of nitrogens with one attached hydrogen (secondary N) is 1. The Labute approximate surface area is 318 Å². The van der Waals surface area contributed by atoms with E-state index in [9.17, 15) is 32.3 Å². The molecular weight excluding hydrogens is 731 g/mol. The van der Waals surface area contributed by atoms with Crippen LogP contribution in [0.25, 0.3) is 21.9 Å². The molecule has 6 heterocycles. The van der Waals surface area contributed by atoms with Gasteiger partial charge in [-0.05, 0) is 74.4 Å². The highest BCUT2D eigenvalue weighted by molar-refractivity contribution is 6.05. The Kier molecular flexibility index (Phi) is 8.86. The van der Waals surface area contributed by atoms with Gasteiger partial charge in [-0.3, -0.25) is 38.4 Å². The smallest absolute Gasteiger partial charge is 0.377 e. The molecule has 3 aromatic heterocycles. The minimum absolute atomic E-state index is 0.0989. The van der Waals surface area contributed by atoms with E-state index in [1.165, 1.54) is 16.7 Å². The Bertz CT molecular complexity index is 2440. The monoisotopic (exact) mass is 771 g/mol. The van der Waals surface area contributed by atoms with Crippen LogP contribution in [0, 0.1) is 5.92 Å². The maximum atomic E-state index is 13.4. The zero-order valence-corrected chi connectivity index (χ0v) is 30.7. The molecule has 292 valence electrons. The summed E-state index contributed by atoms with van der Waals surface area (Å²) in [6, 6.07) is 12.2. The Morgan fingerprint density at radius 2 is 1.70 bits per heavy atom. The normalized spacial score (nSPS) is 22.4. The number of fused-ring (bicyclic) bond motifs is 3. The third-order valence-electron chi connectivity index (χ3n) is 11.7. The summed E-state index contributed by atoms with van der Waals surface area (Å²) >= 11 is 0. The van der Waals surface area contributed by atoms with Crippen molar-refractivity contribution >= 4 is 51.0 Å². The summed E-state index contributed by atoms with van der Waals surface area (Å²) < 4.78 is 44.9. The minimum atomic E-state index is -4.62. The minimum Gasteiger partial charge on any atom is -0.377 e. The Morgan fingerprint density at radius 3 is 2.45 bits per heavy atom. The highest BCUT2D eigenvalue weighted by Crippen LogP contribution is 2.37. The Balaban J connectivity index is 0.818. The number of Topliss-reactive ketones (excluding diaryl/α,β-unsaturated/α-hetero) is 1. The summed E-state index contributed by atoms with van der Waals surface area (Å²) in [5.74, 6) is -0.359. The molecule has 2 saturated heterocycles. The lowest BCUT2D eigenvalue weighted by molar-refractivity contribution is -0.141. The molecule has 1 atom stereocenters. The molecule has 0 bridgehead atoms. The van der Waals surface area contributed by atoms with E-state index in [0.29, 0.717) is 28.9 Å². The molecule has 2 aromatic carbocycles. The third-order valence-corrected chi connectivity index (χ3v) is 11.7. The van der Waals surface area contributed by atoms with E-state index in [2.05, 4.69) is 20.1 Å². The Morgan fingerprint density at radius 1 is 0.929 bits per heavy atom. The summed E-state index contributed by atoms with van der Waals surface area (Å²) in [6.45, 7) is 4.10. The maximum Gasteiger partial charge on any atom is 0.433 e. The van der Waals surface area contributed by atoms with Gasteiger partial charge in [-0.25, -0.2) is 9.78 Å². The fourth-order valence-electron chi connectivity index (χ4n) is 8.80. The fourth-order valence-corrected chi connectivity index (χ4v) is 8.80. The summed E-state index contributed by atoms with van der Waals surface area (Å²) in [6.07, 6.45) is 1.83. The predicted molar refractivity (Wildman–Crippen MR) is 200 cm³/mol. The van der Waals surface area contributed by atoms with Gasteiger partial charge in [0.2, 0.25) is 11.8 Å². The number of aromatic nitrogens is 5. The average molecular weight is 772 g/mol. The lowest BCUT2D eigenvalue weighted by atomic mass is 9.85. The number of imide groups is 1. The van der Waals surface area contributed by atoms with Crippen molar-refractivity contribution in [3.05, 3.63) is 76.5 Å². The van der Waals surface area contributed by atoms with Crippen LogP contribution in [-0.2, 0) is 22.8 Å². The molecule has 17 heteroatoms. The van der Waals surface area contributed by atoms with Crippen LogP contribution in [0.5, 0.6) is 5.75 Å². The van der Waals surface area contributed by atoms with Crippen molar-refractivity contribution in [2.75, 3.05) is 49.2 Å². The maximum absolute atomic E-state index is 13.4. The number of benzene rings is 2. The quantitative estimate of drug-likeness (QED) is 0.243. The van der Waals surface area contributed by atoms with Gasteiger partial charge in [0, 0.05) is 57.8 Å². The van der Waals surface area contributed by atoms with Gasteiger partial charge < -0.3 is 9.74 Å². The highest BCUT2D eigenvalue weighted by atomic mass is 19.4. The van der Waals surface area contributed by atoms with Crippen molar-refractivity contribution in [1.82, 2.24) is 34.1 Å². The summed E-state index contributed by atoms with van der Waals surface area (Å²) in [7, 11) is 1.73. The molecule has 1 unspecified atom stereocenters. The molecule has 56 heavy (non-hydrogen) atoms. The zero-order chi connectivity index (χ0) is 38.9. The first-order chi connectivity index (χ1) is 26.9. The number of nitrogens with zero attached hydrogens (tertiary/aromatic N) is 8. The molecule has 0 spiro atoms. The molecule has 0 radical (unpaired) electrons. The van der Waals surface area contributed by atoms with Gasteiger partial charge in [0.25, 0.3) is 0 Å².